The zero-order chi connectivity index (χ0) is 19.2. The Morgan fingerprint density at radius 2 is 1.89 bits per heavy atom. The molecule has 3 rings (SSSR count). The first-order valence-corrected chi connectivity index (χ1v) is 10.2. The molecule has 2 fully saturated rings. The lowest BCUT2D eigenvalue weighted by atomic mass is 10.0. The van der Waals surface area contributed by atoms with Crippen LogP contribution in [0.4, 0.5) is 5.95 Å². The predicted molar refractivity (Wildman–Crippen MR) is 106 cm³/mol. The lowest BCUT2D eigenvalue weighted by Crippen LogP contribution is -2.51. The first-order chi connectivity index (χ1) is 13.1. The van der Waals surface area contributed by atoms with E-state index in [9.17, 15) is 4.79 Å². The molecule has 3 heterocycles. The predicted octanol–water partition coefficient (Wildman–Crippen LogP) is 1.86. The summed E-state index contributed by atoms with van der Waals surface area (Å²) in [4.78, 5) is 26.4. The monoisotopic (exact) mass is 375 g/mol. The number of ether oxygens (including phenoxy) is 1. The minimum absolute atomic E-state index is 0.0865. The van der Waals surface area contributed by atoms with E-state index in [1.807, 2.05) is 6.92 Å². The molecule has 7 heteroatoms. The fraction of sp³-hybridized carbons (Fsp3) is 0.750. The molecule has 7 nitrogen and oxygen atoms in total. The van der Waals surface area contributed by atoms with Crippen LogP contribution in [0, 0.1) is 12.8 Å². The Hall–Kier alpha value is -1.73. The van der Waals surface area contributed by atoms with Crippen molar-refractivity contribution in [2.45, 2.75) is 46.1 Å². The third-order valence-corrected chi connectivity index (χ3v) is 5.61. The number of piperidine rings is 1. The summed E-state index contributed by atoms with van der Waals surface area (Å²) >= 11 is 0. The van der Waals surface area contributed by atoms with Crippen LogP contribution in [0.25, 0.3) is 0 Å². The van der Waals surface area contributed by atoms with E-state index in [0.717, 1.165) is 51.0 Å². The summed E-state index contributed by atoms with van der Waals surface area (Å²) in [5, 5.41) is 3.10. The number of rotatable bonds is 6. The van der Waals surface area contributed by atoms with Gasteiger partial charge < -0.3 is 15.0 Å². The van der Waals surface area contributed by atoms with Crippen LogP contribution >= 0.6 is 0 Å². The van der Waals surface area contributed by atoms with E-state index in [-0.39, 0.29) is 5.91 Å². The van der Waals surface area contributed by atoms with Gasteiger partial charge in [0.2, 0.25) is 5.95 Å². The molecule has 2 aliphatic heterocycles. The summed E-state index contributed by atoms with van der Waals surface area (Å²) in [6.45, 7) is 12.3. The van der Waals surface area contributed by atoms with Crippen molar-refractivity contribution < 1.29 is 9.53 Å². The largest absolute Gasteiger partial charge is 0.379 e. The molecule has 1 N–H and O–H groups in total. The number of aryl methyl sites for hydroxylation is 1. The van der Waals surface area contributed by atoms with E-state index in [1.165, 1.54) is 19.3 Å². The Balaban J connectivity index is 1.61. The summed E-state index contributed by atoms with van der Waals surface area (Å²) in [5.74, 6) is 1.12. The summed E-state index contributed by atoms with van der Waals surface area (Å²) in [6.07, 6.45) is 5.32. The van der Waals surface area contributed by atoms with Crippen molar-refractivity contribution in [3.8, 4) is 0 Å². The molecule has 27 heavy (non-hydrogen) atoms. The van der Waals surface area contributed by atoms with Gasteiger partial charge in [-0.25, -0.2) is 9.97 Å². The lowest BCUT2D eigenvalue weighted by Gasteiger charge is -2.36. The highest BCUT2D eigenvalue weighted by Crippen LogP contribution is 2.17. The summed E-state index contributed by atoms with van der Waals surface area (Å²) in [6, 6.07) is 0.312. The van der Waals surface area contributed by atoms with Gasteiger partial charge in [-0.05, 0) is 32.1 Å². The third kappa shape index (κ3) is 5.17. The number of aromatic nitrogens is 2. The van der Waals surface area contributed by atoms with Crippen LogP contribution < -0.4 is 10.2 Å². The van der Waals surface area contributed by atoms with Gasteiger partial charge in [0.25, 0.3) is 5.91 Å². The Morgan fingerprint density at radius 1 is 1.19 bits per heavy atom. The normalized spacial score (nSPS) is 19.9. The smallest absolute Gasteiger partial charge is 0.254 e. The first-order valence-electron chi connectivity index (χ1n) is 10.2. The van der Waals surface area contributed by atoms with Gasteiger partial charge in [0, 0.05) is 45.0 Å². The maximum atomic E-state index is 12.7. The molecular weight excluding hydrogens is 342 g/mol. The lowest BCUT2D eigenvalue weighted by molar-refractivity contribution is 0.00672. The van der Waals surface area contributed by atoms with Crippen LogP contribution in [0.1, 0.15) is 49.2 Å². The van der Waals surface area contributed by atoms with Gasteiger partial charge in [0.05, 0.1) is 24.5 Å². The number of carbonyl (C=O) groups excluding carboxylic acids is 1. The number of nitrogens with zero attached hydrogens (tertiary/aromatic N) is 4. The van der Waals surface area contributed by atoms with Crippen molar-refractivity contribution in [2.75, 3.05) is 50.8 Å². The minimum Gasteiger partial charge on any atom is -0.379 e. The van der Waals surface area contributed by atoms with Gasteiger partial charge in [-0.1, -0.05) is 13.8 Å². The molecule has 0 bridgehead atoms. The van der Waals surface area contributed by atoms with E-state index < -0.39 is 0 Å². The van der Waals surface area contributed by atoms with Crippen LogP contribution in [-0.4, -0.2) is 72.8 Å². The standard InChI is InChI=1S/C20H33N5O2/c1-15(2)18(24-9-11-27-12-10-24)14-21-19(26)17-13-22-20(23-16(17)3)25-7-5-4-6-8-25/h13,15,18H,4-12,14H2,1-3H3,(H,21,26)/t18-/m0/s1. The fourth-order valence-corrected chi connectivity index (χ4v) is 3.91. The average Bonchev–Trinajstić information content (AvgIpc) is 2.69. The molecule has 2 aliphatic rings. The van der Waals surface area contributed by atoms with Gasteiger partial charge >= 0.3 is 0 Å². The number of morpholine rings is 1. The van der Waals surface area contributed by atoms with Crippen molar-refractivity contribution in [1.82, 2.24) is 20.2 Å². The number of hydrogen-bond donors (Lipinski definition) is 1. The van der Waals surface area contributed by atoms with E-state index >= 15 is 0 Å². The molecule has 0 saturated carbocycles. The van der Waals surface area contributed by atoms with Gasteiger partial charge in [0.1, 0.15) is 0 Å². The highest BCUT2D eigenvalue weighted by Gasteiger charge is 2.25. The number of hydrogen-bond acceptors (Lipinski definition) is 6. The SMILES string of the molecule is Cc1nc(N2CCCCC2)ncc1C(=O)NC[C@@H](C(C)C)N1CCOCC1. The molecule has 2 saturated heterocycles. The van der Waals surface area contributed by atoms with Crippen LogP contribution in [-0.2, 0) is 4.74 Å². The van der Waals surface area contributed by atoms with Gasteiger partial charge in [-0.2, -0.15) is 0 Å². The van der Waals surface area contributed by atoms with Crippen LogP contribution in [0.3, 0.4) is 0 Å². The second kappa shape index (κ2) is 9.46. The number of amides is 1. The molecule has 1 amide bonds. The minimum atomic E-state index is -0.0865. The van der Waals surface area contributed by atoms with Crippen molar-refractivity contribution >= 4 is 11.9 Å². The molecule has 0 radical (unpaired) electrons. The van der Waals surface area contributed by atoms with Crippen LogP contribution in [0.15, 0.2) is 6.20 Å². The third-order valence-electron chi connectivity index (χ3n) is 5.61. The quantitative estimate of drug-likeness (QED) is 0.818. The highest BCUT2D eigenvalue weighted by molar-refractivity contribution is 5.95. The van der Waals surface area contributed by atoms with Gasteiger partial charge in [-0.3, -0.25) is 9.69 Å². The molecule has 0 unspecified atom stereocenters. The molecule has 1 aromatic rings. The Bertz CT molecular complexity index is 625. The second-order valence-corrected chi connectivity index (χ2v) is 7.89. The van der Waals surface area contributed by atoms with E-state index in [0.29, 0.717) is 24.1 Å². The van der Waals surface area contributed by atoms with Crippen molar-refractivity contribution in [3.05, 3.63) is 17.5 Å². The van der Waals surface area contributed by atoms with Crippen LogP contribution in [0.5, 0.6) is 0 Å². The zero-order valence-corrected chi connectivity index (χ0v) is 16.9. The Morgan fingerprint density at radius 3 is 2.52 bits per heavy atom. The number of nitrogens with one attached hydrogen (secondary N) is 1. The number of anilines is 1. The fourth-order valence-electron chi connectivity index (χ4n) is 3.91. The average molecular weight is 376 g/mol. The molecule has 1 atom stereocenters. The molecular formula is C20H33N5O2. The van der Waals surface area contributed by atoms with E-state index in [4.69, 9.17) is 4.74 Å². The maximum Gasteiger partial charge on any atom is 0.254 e. The van der Waals surface area contributed by atoms with E-state index in [2.05, 4.69) is 38.9 Å². The molecule has 0 aliphatic carbocycles. The van der Waals surface area contributed by atoms with E-state index in [1.54, 1.807) is 6.20 Å². The molecule has 0 aromatic carbocycles. The zero-order valence-electron chi connectivity index (χ0n) is 16.9. The summed E-state index contributed by atoms with van der Waals surface area (Å²) < 4.78 is 5.45. The topological polar surface area (TPSA) is 70.6 Å². The number of carbonyl (C=O) groups is 1. The summed E-state index contributed by atoms with van der Waals surface area (Å²) in [7, 11) is 0. The summed E-state index contributed by atoms with van der Waals surface area (Å²) in [5.41, 5.74) is 1.32. The highest BCUT2D eigenvalue weighted by atomic mass is 16.5. The Kier molecular flexibility index (Phi) is 7.01. The molecule has 150 valence electrons. The van der Waals surface area contributed by atoms with Gasteiger partial charge in [0.15, 0.2) is 0 Å². The molecule has 0 spiro atoms. The first kappa shape index (κ1) is 20.0. The maximum absolute atomic E-state index is 12.7. The second-order valence-electron chi connectivity index (χ2n) is 7.89. The Labute approximate surface area is 162 Å². The van der Waals surface area contributed by atoms with Crippen LogP contribution in [0.2, 0.25) is 0 Å². The van der Waals surface area contributed by atoms with Crippen molar-refractivity contribution in [1.29, 1.82) is 0 Å². The van der Waals surface area contributed by atoms with Crippen molar-refractivity contribution in [3.63, 3.8) is 0 Å². The van der Waals surface area contributed by atoms with Gasteiger partial charge in [-0.15, -0.1) is 0 Å². The molecule has 1 aromatic heterocycles. The van der Waals surface area contributed by atoms with Crippen molar-refractivity contribution in [2.24, 2.45) is 5.92 Å².